The van der Waals surface area contributed by atoms with Gasteiger partial charge in [-0.1, -0.05) is 54.1 Å². The molecule has 0 saturated carbocycles. The summed E-state index contributed by atoms with van der Waals surface area (Å²) in [6, 6.07) is 19.6. The number of hydrogen-bond donors (Lipinski definition) is 4. The molecule has 0 radical (unpaired) electrons. The molecule has 7 heteroatoms. The lowest BCUT2D eigenvalue weighted by atomic mass is 9.90. The third-order valence-corrected chi connectivity index (χ3v) is 6.88. The van der Waals surface area contributed by atoms with Crippen molar-refractivity contribution in [3.63, 3.8) is 0 Å². The van der Waals surface area contributed by atoms with Crippen molar-refractivity contribution in [2.24, 2.45) is 0 Å². The molecule has 5 nitrogen and oxygen atoms in total. The Balaban J connectivity index is 1.57. The normalized spacial score (nSPS) is 26.6. The summed E-state index contributed by atoms with van der Waals surface area (Å²) >= 11 is 8.12. The zero-order valence-electron chi connectivity index (χ0n) is 16.1. The minimum Gasteiger partial charge on any atom is -0.394 e. The average molecular weight is 447 g/mol. The predicted molar refractivity (Wildman–Crippen MR) is 117 cm³/mol. The summed E-state index contributed by atoms with van der Waals surface area (Å²) in [6.45, 7) is -0.459. The van der Waals surface area contributed by atoms with Crippen LogP contribution >= 0.6 is 22.9 Å². The molecular formula is C23H23ClO5S. The standard InChI is InChI=1S/C23H23ClO5S/c24-17-8-6-14(23-22(28)21(27)20(26)18(12-25)29-23)10-15(17)11-16-7-9-19(30-16)13-4-2-1-3-5-13/h1-10,18,20-23,25-28H,11-12H2/t18-,20-,21+,22-,23?/m1/s1. The van der Waals surface area contributed by atoms with Crippen molar-refractivity contribution in [3.8, 4) is 10.4 Å². The van der Waals surface area contributed by atoms with E-state index in [0.717, 1.165) is 16.0 Å². The first kappa shape index (κ1) is 21.5. The number of halogens is 1. The van der Waals surface area contributed by atoms with Gasteiger partial charge in [0.25, 0.3) is 0 Å². The Hall–Kier alpha value is -1.77. The monoisotopic (exact) mass is 446 g/mol. The molecule has 0 spiro atoms. The molecular weight excluding hydrogens is 424 g/mol. The first-order valence-electron chi connectivity index (χ1n) is 9.71. The topological polar surface area (TPSA) is 90.2 Å². The summed E-state index contributed by atoms with van der Waals surface area (Å²) in [7, 11) is 0. The van der Waals surface area contributed by atoms with Gasteiger partial charge in [0, 0.05) is 21.2 Å². The van der Waals surface area contributed by atoms with Gasteiger partial charge < -0.3 is 25.2 Å². The molecule has 1 aromatic heterocycles. The molecule has 1 saturated heterocycles. The summed E-state index contributed by atoms with van der Waals surface area (Å²) in [4.78, 5) is 2.31. The zero-order chi connectivity index (χ0) is 21.3. The molecule has 0 bridgehead atoms. The highest BCUT2D eigenvalue weighted by atomic mass is 35.5. The first-order valence-corrected chi connectivity index (χ1v) is 10.9. The van der Waals surface area contributed by atoms with Gasteiger partial charge in [0.2, 0.25) is 0 Å². The van der Waals surface area contributed by atoms with E-state index in [2.05, 4.69) is 24.3 Å². The van der Waals surface area contributed by atoms with Crippen LogP contribution in [0.2, 0.25) is 5.02 Å². The minimum atomic E-state index is -1.41. The van der Waals surface area contributed by atoms with Crippen molar-refractivity contribution in [3.05, 3.63) is 81.7 Å². The van der Waals surface area contributed by atoms with E-state index in [-0.39, 0.29) is 0 Å². The maximum absolute atomic E-state index is 10.4. The van der Waals surface area contributed by atoms with Crippen molar-refractivity contribution in [2.45, 2.75) is 36.9 Å². The van der Waals surface area contributed by atoms with E-state index in [4.69, 9.17) is 16.3 Å². The summed E-state index contributed by atoms with van der Waals surface area (Å²) in [6.07, 6.45) is -5.32. The van der Waals surface area contributed by atoms with Gasteiger partial charge in [0.15, 0.2) is 0 Å². The molecule has 0 amide bonds. The van der Waals surface area contributed by atoms with E-state index in [1.807, 2.05) is 24.3 Å². The van der Waals surface area contributed by atoms with Crippen LogP contribution in [-0.4, -0.2) is 51.4 Å². The lowest BCUT2D eigenvalue weighted by Crippen LogP contribution is -2.55. The van der Waals surface area contributed by atoms with Crippen LogP contribution in [0.4, 0.5) is 0 Å². The van der Waals surface area contributed by atoms with Crippen LogP contribution < -0.4 is 0 Å². The summed E-state index contributed by atoms with van der Waals surface area (Å²) < 4.78 is 5.67. The molecule has 2 aromatic carbocycles. The maximum atomic E-state index is 10.4. The van der Waals surface area contributed by atoms with Gasteiger partial charge in [0.05, 0.1) is 6.61 Å². The number of ether oxygens (including phenoxy) is 1. The van der Waals surface area contributed by atoms with Gasteiger partial charge in [-0.15, -0.1) is 11.3 Å². The molecule has 0 aliphatic carbocycles. The highest BCUT2D eigenvalue weighted by Crippen LogP contribution is 2.35. The van der Waals surface area contributed by atoms with E-state index in [1.165, 1.54) is 4.88 Å². The maximum Gasteiger partial charge on any atom is 0.113 e. The summed E-state index contributed by atoms with van der Waals surface area (Å²) in [5.41, 5.74) is 2.66. The molecule has 158 valence electrons. The average Bonchev–Trinajstić information content (AvgIpc) is 3.23. The molecule has 5 atom stereocenters. The Morgan fingerprint density at radius 3 is 2.40 bits per heavy atom. The van der Waals surface area contributed by atoms with Crippen LogP contribution in [0.3, 0.4) is 0 Å². The zero-order valence-corrected chi connectivity index (χ0v) is 17.6. The number of aliphatic hydroxyl groups excluding tert-OH is 4. The van der Waals surface area contributed by atoms with Crippen molar-refractivity contribution in [1.29, 1.82) is 0 Å². The number of hydrogen-bond acceptors (Lipinski definition) is 6. The highest BCUT2D eigenvalue weighted by molar-refractivity contribution is 7.15. The Labute approximate surface area is 183 Å². The number of rotatable bonds is 5. The lowest BCUT2D eigenvalue weighted by Gasteiger charge is -2.40. The second kappa shape index (κ2) is 9.16. The fourth-order valence-electron chi connectivity index (χ4n) is 3.70. The van der Waals surface area contributed by atoms with Crippen molar-refractivity contribution < 1.29 is 25.2 Å². The van der Waals surface area contributed by atoms with Crippen molar-refractivity contribution >= 4 is 22.9 Å². The van der Waals surface area contributed by atoms with Crippen LogP contribution in [0.25, 0.3) is 10.4 Å². The van der Waals surface area contributed by atoms with Crippen LogP contribution in [0.15, 0.2) is 60.7 Å². The van der Waals surface area contributed by atoms with Gasteiger partial charge in [-0.25, -0.2) is 0 Å². The van der Waals surface area contributed by atoms with Gasteiger partial charge in [-0.2, -0.15) is 0 Å². The number of aliphatic hydroxyl groups is 4. The molecule has 1 unspecified atom stereocenters. The Morgan fingerprint density at radius 2 is 1.67 bits per heavy atom. The molecule has 1 aliphatic heterocycles. The Morgan fingerprint density at radius 1 is 0.900 bits per heavy atom. The quantitative estimate of drug-likeness (QED) is 0.483. The van der Waals surface area contributed by atoms with E-state index >= 15 is 0 Å². The SMILES string of the molecule is OC[C@H]1OC(c2ccc(Cl)c(Cc3ccc(-c4ccccc4)s3)c2)[C@H](O)[C@@H](O)[C@@H]1O. The molecule has 2 heterocycles. The van der Waals surface area contributed by atoms with Gasteiger partial charge >= 0.3 is 0 Å². The third-order valence-electron chi connectivity index (χ3n) is 5.38. The lowest BCUT2D eigenvalue weighted by molar-refractivity contribution is -0.231. The molecule has 4 rings (SSSR count). The third kappa shape index (κ3) is 4.31. The van der Waals surface area contributed by atoms with Crippen molar-refractivity contribution in [1.82, 2.24) is 0 Å². The highest BCUT2D eigenvalue weighted by Gasteiger charge is 2.44. The van der Waals surface area contributed by atoms with E-state index in [0.29, 0.717) is 17.0 Å². The second-order valence-electron chi connectivity index (χ2n) is 7.41. The molecule has 1 fully saturated rings. The molecule has 1 aliphatic rings. The first-order chi connectivity index (χ1) is 14.5. The summed E-state index contributed by atoms with van der Waals surface area (Å²) in [5, 5.41) is 40.5. The molecule has 4 N–H and O–H groups in total. The Kier molecular flexibility index (Phi) is 6.55. The van der Waals surface area contributed by atoms with Crippen LogP contribution in [0.1, 0.15) is 22.1 Å². The largest absolute Gasteiger partial charge is 0.394 e. The second-order valence-corrected chi connectivity index (χ2v) is 8.98. The van der Waals surface area contributed by atoms with Crippen molar-refractivity contribution in [2.75, 3.05) is 6.61 Å². The number of benzene rings is 2. The van der Waals surface area contributed by atoms with Crippen LogP contribution in [0, 0.1) is 0 Å². The van der Waals surface area contributed by atoms with Gasteiger partial charge in [0.1, 0.15) is 30.5 Å². The molecule has 30 heavy (non-hydrogen) atoms. The predicted octanol–water partition coefficient (Wildman–Crippen LogP) is 3.17. The fourth-order valence-corrected chi connectivity index (χ4v) is 4.92. The minimum absolute atomic E-state index is 0.459. The van der Waals surface area contributed by atoms with E-state index in [1.54, 1.807) is 23.5 Å². The van der Waals surface area contributed by atoms with E-state index < -0.39 is 37.1 Å². The van der Waals surface area contributed by atoms with Crippen LogP contribution in [-0.2, 0) is 11.2 Å². The smallest absolute Gasteiger partial charge is 0.113 e. The Bertz CT molecular complexity index is 990. The van der Waals surface area contributed by atoms with Gasteiger partial charge in [-0.05, 0) is 34.9 Å². The fraction of sp³-hybridized carbons (Fsp3) is 0.304. The van der Waals surface area contributed by atoms with E-state index in [9.17, 15) is 20.4 Å². The van der Waals surface area contributed by atoms with Gasteiger partial charge in [-0.3, -0.25) is 0 Å². The molecule has 3 aromatic rings. The number of thiophene rings is 1. The summed E-state index contributed by atoms with van der Waals surface area (Å²) in [5.74, 6) is 0. The van der Waals surface area contributed by atoms with Crippen LogP contribution in [0.5, 0.6) is 0 Å².